The zero-order valence-corrected chi connectivity index (χ0v) is 11.8. The van der Waals surface area contributed by atoms with E-state index < -0.39 is 9.84 Å². The lowest BCUT2D eigenvalue weighted by atomic mass is 10.2. The van der Waals surface area contributed by atoms with Crippen LogP contribution in [0.15, 0.2) is 42.7 Å². The van der Waals surface area contributed by atoms with E-state index >= 15 is 0 Å². The van der Waals surface area contributed by atoms with E-state index in [1.807, 2.05) is 36.5 Å². The van der Waals surface area contributed by atoms with Crippen LogP contribution in [0.5, 0.6) is 5.75 Å². The summed E-state index contributed by atoms with van der Waals surface area (Å²) in [5.41, 5.74) is 0.966. The molecule has 0 N–H and O–H groups in total. The fourth-order valence-electron chi connectivity index (χ4n) is 2.27. The quantitative estimate of drug-likeness (QED) is 0.866. The lowest BCUT2D eigenvalue weighted by Crippen LogP contribution is -2.30. The molecule has 1 saturated heterocycles. The van der Waals surface area contributed by atoms with Gasteiger partial charge in [-0.05, 0) is 25.0 Å². The normalized spacial score (nSPS) is 18.8. The van der Waals surface area contributed by atoms with Crippen molar-refractivity contribution in [3.05, 3.63) is 42.7 Å². The summed E-state index contributed by atoms with van der Waals surface area (Å²) < 4.78 is 30.3. The molecule has 1 aliphatic heterocycles. The van der Waals surface area contributed by atoms with Gasteiger partial charge in [-0.25, -0.2) is 13.1 Å². The van der Waals surface area contributed by atoms with Crippen molar-refractivity contribution in [2.75, 3.05) is 11.5 Å². The molecule has 0 aliphatic carbocycles. The van der Waals surface area contributed by atoms with Gasteiger partial charge in [0.15, 0.2) is 15.6 Å². The van der Waals surface area contributed by atoms with Crippen LogP contribution in [0, 0.1) is 0 Å². The Hall–Kier alpha value is -1.82. The van der Waals surface area contributed by atoms with Crippen molar-refractivity contribution in [2.24, 2.45) is 0 Å². The van der Waals surface area contributed by atoms with Gasteiger partial charge in [0.1, 0.15) is 6.10 Å². The van der Waals surface area contributed by atoms with Gasteiger partial charge in [-0.1, -0.05) is 18.2 Å². The van der Waals surface area contributed by atoms with Gasteiger partial charge in [0.05, 0.1) is 29.6 Å². The highest BCUT2D eigenvalue weighted by atomic mass is 32.2. The lowest BCUT2D eigenvalue weighted by molar-refractivity contribution is 0.189. The first-order valence-electron chi connectivity index (χ1n) is 6.60. The van der Waals surface area contributed by atoms with Crippen LogP contribution in [-0.2, 0) is 9.84 Å². The van der Waals surface area contributed by atoms with Gasteiger partial charge in [0.25, 0.3) is 0 Å². The summed E-state index contributed by atoms with van der Waals surface area (Å²) in [6.07, 6.45) is 4.55. The van der Waals surface area contributed by atoms with E-state index in [1.165, 1.54) is 0 Å². The van der Waals surface area contributed by atoms with E-state index in [0.717, 1.165) is 5.69 Å². The van der Waals surface area contributed by atoms with Crippen molar-refractivity contribution in [3.63, 3.8) is 0 Å². The summed E-state index contributed by atoms with van der Waals surface area (Å²) in [6.45, 7) is 0. The summed E-state index contributed by atoms with van der Waals surface area (Å²) in [4.78, 5) is 0. The molecule has 0 amide bonds. The number of rotatable bonds is 3. The third-order valence-electron chi connectivity index (χ3n) is 3.38. The van der Waals surface area contributed by atoms with Crippen molar-refractivity contribution in [1.82, 2.24) is 9.78 Å². The van der Waals surface area contributed by atoms with Gasteiger partial charge in [-0.2, -0.15) is 5.10 Å². The first-order valence-corrected chi connectivity index (χ1v) is 8.42. The second-order valence-electron chi connectivity index (χ2n) is 4.93. The minimum absolute atomic E-state index is 0.0352. The number of sulfone groups is 1. The van der Waals surface area contributed by atoms with Gasteiger partial charge in [-0.15, -0.1) is 0 Å². The second-order valence-corrected chi connectivity index (χ2v) is 7.23. The highest BCUT2D eigenvalue weighted by Crippen LogP contribution is 2.20. The molecule has 0 radical (unpaired) electrons. The number of hydrogen-bond acceptors (Lipinski definition) is 4. The molecule has 5 nitrogen and oxygen atoms in total. The van der Waals surface area contributed by atoms with Crippen LogP contribution < -0.4 is 4.74 Å². The highest BCUT2D eigenvalue weighted by molar-refractivity contribution is 7.91. The second kappa shape index (κ2) is 5.28. The molecule has 1 aromatic carbocycles. The van der Waals surface area contributed by atoms with Crippen LogP contribution in [0.4, 0.5) is 0 Å². The van der Waals surface area contributed by atoms with Crippen LogP contribution in [0.3, 0.4) is 0 Å². The van der Waals surface area contributed by atoms with Crippen molar-refractivity contribution < 1.29 is 13.2 Å². The number of nitrogens with zero attached hydrogens (tertiary/aromatic N) is 2. The Morgan fingerprint density at radius 3 is 2.55 bits per heavy atom. The number of hydrogen-bond donors (Lipinski definition) is 0. The van der Waals surface area contributed by atoms with Crippen molar-refractivity contribution in [1.29, 1.82) is 0 Å². The van der Waals surface area contributed by atoms with Gasteiger partial charge < -0.3 is 4.74 Å². The average molecular weight is 292 g/mol. The van der Waals surface area contributed by atoms with Crippen LogP contribution in [0.2, 0.25) is 0 Å². The average Bonchev–Trinajstić information content (AvgIpc) is 2.91. The Morgan fingerprint density at radius 2 is 1.85 bits per heavy atom. The number of benzene rings is 1. The molecule has 3 rings (SSSR count). The molecule has 6 heteroatoms. The van der Waals surface area contributed by atoms with Gasteiger partial charge >= 0.3 is 0 Å². The molecule has 1 fully saturated rings. The maximum absolute atomic E-state index is 11.4. The topological polar surface area (TPSA) is 61.2 Å². The SMILES string of the molecule is O=S1(=O)CCC(Oc2cnn(-c3ccccc3)c2)CC1. The Labute approximate surface area is 118 Å². The minimum atomic E-state index is -2.85. The highest BCUT2D eigenvalue weighted by Gasteiger charge is 2.25. The largest absolute Gasteiger partial charge is 0.487 e. The summed E-state index contributed by atoms with van der Waals surface area (Å²) in [7, 11) is -2.85. The Morgan fingerprint density at radius 1 is 1.15 bits per heavy atom. The van der Waals surface area contributed by atoms with Crippen LogP contribution >= 0.6 is 0 Å². The molecule has 1 aliphatic rings. The maximum Gasteiger partial charge on any atom is 0.158 e. The lowest BCUT2D eigenvalue weighted by Gasteiger charge is -2.22. The molecule has 2 heterocycles. The summed E-state index contributed by atoms with van der Waals surface area (Å²) in [6, 6.07) is 9.77. The van der Waals surface area contributed by atoms with Crippen molar-refractivity contribution >= 4 is 9.84 Å². The summed E-state index contributed by atoms with van der Waals surface area (Å²) in [5.74, 6) is 1.10. The van der Waals surface area contributed by atoms with Gasteiger partial charge in [0, 0.05) is 0 Å². The van der Waals surface area contributed by atoms with E-state index in [1.54, 1.807) is 10.9 Å². The standard InChI is InChI=1S/C14H16N2O3S/c17-20(18)8-6-13(7-9-20)19-14-10-15-16(11-14)12-4-2-1-3-5-12/h1-5,10-11,13H,6-9H2. The summed E-state index contributed by atoms with van der Waals surface area (Å²) >= 11 is 0. The fourth-order valence-corrected chi connectivity index (χ4v) is 3.72. The molecule has 1 aromatic heterocycles. The van der Waals surface area contributed by atoms with E-state index in [9.17, 15) is 8.42 Å². The third kappa shape index (κ3) is 3.01. The predicted octanol–water partition coefficient (Wildman–Crippen LogP) is 1.83. The molecular weight excluding hydrogens is 276 g/mol. The van der Waals surface area contributed by atoms with Crippen LogP contribution in [0.25, 0.3) is 5.69 Å². The fraction of sp³-hybridized carbons (Fsp3) is 0.357. The Balaban J connectivity index is 1.66. The molecule has 2 aromatic rings. The first kappa shape index (κ1) is 13.2. The minimum Gasteiger partial charge on any atom is -0.487 e. The molecule has 0 spiro atoms. The zero-order valence-electron chi connectivity index (χ0n) is 11.0. The summed E-state index contributed by atoms with van der Waals surface area (Å²) in [5, 5.41) is 4.25. The number of para-hydroxylation sites is 1. The Kier molecular flexibility index (Phi) is 3.48. The Bertz CT molecular complexity index is 665. The molecule has 20 heavy (non-hydrogen) atoms. The molecule has 0 saturated carbocycles. The molecular formula is C14H16N2O3S. The molecule has 0 unspecified atom stereocenters. The van der Waals surface area contributed by atoms with Crippen molar-refractivity contribution in [2.45, 2.75) is 18.9 Å². The van der Waals surface area contributed by atoms with Gasteiger partial charge in [-0.3, -0.25) is 0 Å². The van der Waals surface area contributed by atoms with Crippen LogP contribution in [-0.4, -0.2) is 35.8 Å². The first-order chi connectivity index (χ1) is 9.62. The van der Waals surface area contributed by atoms with Gasteiger partial charge in [0.2, 0.25) is 0 Å². The van der Waals surface area contributed by atoms with E-state index in [0.29, 0.717) is 18.6 Å². The monoisotopic (exact) mass is 292 g/mol. The maximum atomic E-state index is 11.4. The smallest absolute Gasteiger partial charge is 0.158 e. The van der Waals surface area contributed by atoms with E-state index in [-0.39, 0.29) is 17.6 Å². The molecule has 106 valence electrons. The van der Waals surface area contributed by atoms with Crippen molar-refractivity contribution in [3.8, 4) is 11.4 Å². The predicted molar refractivity (Wildman–Crippen MR) is 75.9 cm³/mol. The number of aromatic nitrogens is 2. The molecule has 0 atom stereocenters. The third-order valence-corrected chi connectivity index (χ3v) is 5.10. The van der Waals surface area contributed by atoms with E-state index in [4.69, 9.17) is 4.74 Å². The number of ether oxygens (including phenoxy) is 1. The molecule has 0 bridgehead atoms. The van der Waals surface area contributed by atoms with Crippen LogP contribution in [0.1, 0.15) is 12.8 Å². The zero-order chi connectivity index (χ0) is 14.0. The van der Waals surface area contributed by atoms with E-state index in [2.05, 4.69) is 5.10 Å².